The van der Waals surface area contributed by atoms with Gasteiger partial charge in [0.1, 0.15) is 29.5 Å². The molecule has 1 amide bonds. The minimum Gasteiger partial charge on any atom is -0.457 e. The molecule has 1 fully saturated rings. The number of nitrogen functional groups attached to an aromatic ring is 1. The molecule has 0 aliphatic carbocycles. The maximum Gasteiger partial charge on any atom is 0.254 e. The number of carbonyl (C=O) groups excluding carboxylic acids is 1. The second kappa shape index (κ2) is 10.9. The second-order valence-electron chi connectivity index (χ2n) is 9.60. The van der Waals surface area contributed by atoms with Crippen molar-refractivity contribution in [1.29, 1.82) is 5.41 Å². The van der Waals surface area contributed by atoms with Crippen LogP contribution in [-0.4, -0.2) is 52.4 Å². The van der Waals surface area contributed by atoms with E-state index in [1.165, 1.54) is 6.33 Å². The number of likely N-dealkylation sites (tertiary alicyclic amines) is 1. The topological polar surface area (TPSA) is 136 Å². The van der Waals surface area contributed by atoms with Crippen molar-refractivity contribution in [3.63, 3.8) is 0 Å². The normalized spacial score (nSPS) is 15.9. The molecule has 1 aromatic heterocycles. The first-order valence-electron chi connectivity index (χ1n) is 13.0. The fourth-order valence-corrected chi connectivity index (χ4v) is 4.90. The Kier molecular flexibility index (Phi) is 6.88. The van der Waals surface area contributed by atoms with Gasteiger partial charge in [-0.3, -0.25) is 10.2 Å². The van der Waals surface area contributed by atoms with Crippen LogP contribution >= 0.6 is 0 Å². The lowest BCUT2D eigenvalue weighted by atomic mass is 10.0. The summed E-state index contributed by atoms with van der Waals surface area (Å²) in [6.45, 7) is 1.29. The van der Waals surface area contributed by atoms with Crippen LogP contribution in [0.15, 0.2) is 79.1 Å². The van der Waals surface area contributed by atoms with Gasteiger partial charge in [0.2, 0.25) is 6.79 Å². The molecule has 6 rings (SSSR count). The number of nitrogens with zero attached hydrogens (tertiary/aromatic N) is 3. The molecule has 1 saturated heterocycles. The van der Waals surface area contributed by atoms with Crippen molar-refractivity contribution in [3.8, 4) is 23.0 Å². The Balaban J connectivity index is 1.16. The quantitative estimate of drug-likeness (QED) is 0.289. The summed E-state index contributed by atoms with van der Waals surface area (Å²) in [5.41, 5.74) is 8.06. The van der Waals surface area contributed by atoms with E-state index >= 15 is 0 Å². The van der Waals surface area contributed by atoms with Crippen molar-refractivity contribution in [2.75, 3.05) is 30.9 Å². The van der Waals surface area contributed by atoms with Crippen molar-refractivity contribution >= 4 is 23.3 Å². The van der Waals surface area contributed by atoms with E-state index in [4.69, 9.17) is 25.4 Å². The van der Waals surface area contributed by atoms with Gasteiger partial charge in [-0.15, -0.1) is 0 Å². The lowest BCUT2D eigenvalue weighted by molar-refractivity contribution is 0.0714. The Labute approximate surface area is 231 Å². The van der Waals surface area contributed by atoms with Crippen LogP contribution in [-0.2, 0) is 0 Å². The lowest BCUT2D eigenvalue weighted by Gasteiger charge is -2.34. The highest BCUT2D eigenvalue weighted by atomic mass is 16.7. The van der Waals surface area contributed by atoms with E-state index in [-0.39, 0.29) is 30.3 Å². The summed E-state index contributed by atoms with van der Waals surface area (Å²) in [6, 6.07) is 21.9. The lowest BCUT2D eigenvalue weighted by Crippen LogP contribution is -2.45. The number of anilines is 2. The highest BCUT2D eigenvalue weighted by Gasteiger charge is 2.27. The number of nitrogens with two attached hydrogens (primary N) is 1. The number of fused-ring (bicyclic) bond motifs is 1. The summed E-state index contributed by atoms with van der Waals surface area (Å²) < 4.78 is 16.7. The van der Waals surface area contributed by atoms with E-state index in [0.29, 0.717) is 52.8 Å². The van der Waals surface area contributed by atoms with E-state index in [2.05, 4.69) is 15.3 Å². The van der Waals surface area contributed by atoms with Gasteiger partial charge in [0, 0.05) is 30.3 Å². The number of hydrogen-bond donors (Lipinski definition) is 3. The average molecular weight is 537 g/mol. The summed E-state index contributed by atoms with van der Waals surface area (Å²) in [5, 5.41) is 12.3. The number of nitrogens with one attached hydrogen (secondary N) is 2. The van der Waals surface area contributed by atoms with E-state index in [1.54, 1.807) is 18.2 Å². The van der Waals surface area contributed by atoms with Crippen LogP contribution in [0.25, 0.3) is 0 Å². The summed E-state index contributed by atoms with van der Waals surface area (Å²) >= 11 is 0. The number of rotatable bonds is 7. The van der Waals surface area contributed by atoms with E-state index in [1.807, 2.05) is 59.5 Å². The van der Waals surface area contributed by atoms with Gasteiger partial charge in [0.25, 0.3) is 5.91 Å². The Morgan fingerprint density at radius 2 is 1.73 bits per heavy atom. The number of amides is 1. The van der Waals surface area contributed by atoms with Crippen LogP contribution in [0.4, 0.5) is 11.6 Å². The number of piperidine rings is 1. The number of carbonyl (C=O) groups is 1. The maximum atomic E-state index is 13.3. The van der Waals surface area contributed by atoms with Gasteiger partial charge in [-0.25, -0.2) is 9.97 Å². The number of hydrogen-bond acceptors (Lipinski definition) is 9. The van der Waals surface area contributed by atoms with Gasteiger partial charge < -0.3 is 30.2 Å². The van der Waals surface area contributed by atoms with E-state index in [0.717, 1.165) is 18.6 Å². The molecule has 0 radical (unpaired) electrons. The first-order valence-corrected chi connectivity index (χ1v) is 13.0. The molecule has 0 spiro atoms. The van der Waals surface area contributed by atoms with Crippen molar-refractivity contribution < 1.29 is 19.0 Å². The molecule has 10 nitrogen and oxygen atoms in total. The molecule has 40 heavy (non-hydrogen) atoms. The van der Waals surface area contributed by atoms with Crippen LogP contribution in [0.3, 0.4) is 0 Å². The fourth-order valence-electron chi connectivity index (χ4n) is 4.90. The monoisotopic (exact) mass is 536 g/mol. The molecule has 3 aromatic carbocycles. The molecule has 202 valence electrons. The highest BCUT2D eigenvalue weighted by Crippen LogP contribution is 2.33. The summed E-state index contributed by atoms with van der Waals surface area (Å²) in [6.07, 6.45) is 3.04. The average Bonchev–Trinajstić information content (AvgIpc) is 3.46. The molecular formula is C30H28N6O4. The maximum absolute atomic E-state index is 13.3. The predicted octanol–water partition coefficient (Wildman–Crippen LogP) is 4.71. The third-order valence-corrected chi connectivity index (χ3v) is 6.92. The third kappa shape index (κ3) is 5.24. The van der Waals surface area contributed by atoms with Crippen molar-refractivity contribution in [1.82, 2.24) is 14.9 Å². The Morgan fingerprint density at radius 1 is 0.975 bits per heavy atom. The molecule has 4 N–H and O–H groups in total. The van der Waals surface area contributed by atoms with Crippen molar-refractivity contribution in [2.45, 2.75) is 18.9 Å². The Morgan fingerprint density at radius 3 is 2.55 bits per heavy atom. The second-order valence-corrected chi connectivity index (χ2v) is 9.60. The van der Waals surface area contributed by atoms with Gasteiger partial charge in [-0.1, -0.05) is 18.2 Å². The zero-order valence-corrected chi connectivity index (χ0v) is 21.7. The van der Waals surface area contributed by atoms with Crippen LogP contribution in [0.1, 0.15) is 34.3 Å². The van der Waals surface area contributed by atoms with Gasteiger partial charge >= 0.3 is 0 Å². The minimum absolute atomic E-state index is 0.0715. The molecular weight excluding hydrogens is 508 g/mol. The van der Waals surface area contributed by atoms with Crippen LogP contribution in [0.5, 0.6) is 23.0 Å². The van der Waals surface area contributed by atoms with Crippen molar-refractivity contribution in [3.05, 3.63) is 95.8 Å². The zero-order valence-electron chi connectivity index (χ0n) is 21.7. The summed E-state index contributed by atoms with van der Waals surface area (Å²) in [7, 11) is 0. The molecule has 1 atom stereocenters. The SMILES string of the molecule is N=C(c1ccc(Oc2ccccc2)cc1)c1c(N)ncnc1NC1CCCN(C(=O)c2ccc3c(c2)OCO3)C1. The molecule has 0 saturated carbocycles. The van der Waals surface area contributed by atoms with Crippen LogP contribution in [0.2, 0.25) is 0 Å². The largest absolute Gasteiger partial charge is 0.457 e. The van der Waals surface area contributed by atoms with Gasteiger partial charge in [-0.2, -0.15) is 0 Å². The minimum atomic E-state index is -0.0748. The summed E-state index contributed by atoms with van der Waals surface area (Å²) in [5.74, 6) is 3.21. The fraction of sp³-hybridized carbons (Fsp3) is 0.200. The van der Waals surface area contributed by atoms with Gasteiger partial charge in [0.05, 0.1) is 11.3 Å². The molecule has 10 heteroatoms. The van der Waals surface area contributed by atoms with Gasteiger partial charge in [0.15, 0.2) is 11.5 Å². The number of para-hydroxylation sites is 1. The Hall–Kier alpha value is -5.12. The van der Waals surface area contributed by atoms with E-state index < -0.39 is 0 Å². The van der Waals surface area contributed by atoms with E-state index in [9.17, 15) is 4.79 Å². The molecule has 0 bridgehead atoms. The van der Waals surface area contributed by atoms with Gasteiger partial charge in [-0.05, 0) is 67.4 Å². The predicted molar refractivity (Wildman–Crippen MR) is 150 cm³/mol. The Bertz CT molecular complexity index is 1540. The first-order chi connectivity index (χ1) is 19.5. The molecule has 2 aliphatic heterocycles. The molecule has 1 unspecified atom stereocenters. The number of benzene rings is 3. The first kappa shape index (κ1) is 25.2. The molecule has 2 aliphatic rings. The van der Waals surface area contributed by atoms with Crippen molar-refractivity contribution in [2.24, 2.45) is 0 Å². The zero-order chi connectivity index (χ0) is 27.5. The van der Waals surface area contributed by atoms with Crippen LogP contribution in [0, 0.1) is 5.41 Å². The standard InChI is InChI=1S/C30H28N6O4/c31-27(19-8-11-23(12-9-19)40-22-6-2-1-3-7-22)26-28(32)33-17-34-29(26)35-21-5-4-14-36(16-21)30(37)20-10-13-24-25(15-20)39-18-38-24/h1-3,6-13,15,17,21,31H,4-5,14,16,18H2,(H3,32,33,34,35). The van der Waals surface area contributed by atoms with Crippen LogP contribution < -0.4 is 25.3 Å². The molecule has 4 aromatic rings. The summed E-state index contributed by atoms with van der Waals surface area (Å²) in [4.78, 5) is 23.6. The smallest absolute Gasteiger partial charge is 0.254 e. The third-order valence-electron chi connectivity index (χ3n) is 6.92. The number of aromatic nitrogens is 2. The molecule has 3 heterocycles. The number of ether oxygens (including phenoxy) is 3. The highest BCUT2D eigenvalue weighted by molar-refractivity contribution is 6.16.